The van der Waals surface area contributed by atoms with Crippen molar-refractivity contribution in [3.8, 4) is 0 Å². The molecule has 0 bridgehead atoms. The lowest BCUT2D eigenvalue weighted by atomic mass is 10.1. The van der Waals surface area contributed by atoms with Crippen LogP contribution in [-0.2, 0) is 27.3 Å². The summed E-state index contributed by atoms with van der Waals surface area (Å²) in [5.41, 5.74) is 1.73. The normalized spacial score (nSPS) is 17.6. The fourth-order valence-corrected chi connectivity index (χ4v) is 3.14. The lowest BCUT2D eigenvalue weighted by Crippen LogP contribution is -2.45. The monoisotopic (exact) mass is 383 g/mol. The third-order valence-electron chi connectivity index (χ3n) is 4.65. The van der Waals surface area contributed by atoms with E-state index in [1.165, 1.54) is 4.90 Å². The van der Waals surface area contributed by atoms with Crippen molar-refractivity contribution in [3.63, 3.8) is 0 Å². The van der Waals surface area contributed by atoms with Crippen LogP contribution >= 0.6 is 0 Å². The minimum absolute atomic E-state index is 0.116. The van der Waals surface area contributed by atoms with Gasteiger partial charge < -0.3 is 19.5 Å². The molecular formula is C22H25NO5. The van der Waals surface area contributed by atoms with Crippen molar-refractivity contribution in [3.05, 3.63) is 71.8 Å². The second-order valence-electron chi connectivity index (χ2n) is 6.90. The fourth-order valence-electron chi connectivity index (χ4n) is 3.14. The van der Waals surface area contributed by atoms with E-state index >= 15 is 0 Å². The molecule has 1 amide bonds. The highest BCUT2D eigenvalue weighted by Gasteiger charge is 2.30. The zero-order valence-electron chi connectivity index (χ0n) is 15.7. The van der Waals surface area contributed by atoms with Crippen LogP contribution < -0.4 is 0 Å². The molecule has 1 aliphatic rings. The summed E-state index contributed by atoms with van der Waals surface area (Å²) in [7, 11) is 0. The summed E-state index contributed by atoms with van der Waals surface area (Å²) in [4.78, 5) is 26.6. The van der Waals surface area contributed by atoms with E-state index in [-0.39, 0.29) is 19.6 Å². The highest BCUT2D eigenvalue weighted by atomic mass is 16.6. The smallest absolute Gasteiger partial charge is 0.410 e. The molecule has 0 spiro atoms. The van der Waals surface area contributed by atoms with E-state index in [1.807, 2.05) is 60.7 Å². The Hall–Kier alpha value is -2.86. The van der Waals surface area contributed by atoms with Gasteiger partial charge in [-0.1, -0.05) is 60.7 Å². The van der Waals surface area contributed by atoms with Gasteiger partial charge in [-0.3, -0.25) is 0 Å². The van der Waals surface area contributed by atoms with Crippen LogP contribution in [0, 0.1) is 0 Å². The lowest BCUT2D eigenvalue weighted by Gasteiger charge is -2.30. The molecule has 0 aliphatic carbocycles. The maximum atomic E-state index is 12.6. The first kappa shape index (κ1) is 19.9. The third kappa shape index (κ3) is 5.82. The molecule has 0 aromatic heterocycles. The molecule has 148 valence electrons. The molecule has 3 rings (SSSR count). The first-order valence-corrected chi connectivity index (χ1v) is 9.50. The Bertz CT molecular complexity index is 765. The second kappa shape index (κ2) is 9.90. The van der Waals surface area contributed by atoms with Crippen molar-refractivity contribution < 1.29 is 24.2 Å². The summed E-state index contributed by atoms with van der Waals surface area (Å²) in [6.07, 6.45) is -0.599. The molecule has 1 fully saturated rings. The van der Waals surface area contributed by atoms with Gasteiger partial charge in [-0.05, 0) is 24.0 Å². The van der Waals surface area contributed by atoms with Crippen LogP contribution in [-0.4, -0.2) is 47.4 Å². The Labute approximate surface area is 164 Å². The number of hydrogen-bond donors (Lipinski definition) is 1. The van der Waals surface area contributed by atoms with Crippen molar-refractivity contribution in [1.29, 1.82) is 0 Å². The molecular weight excluding hydrogens is 358 g/mol. The van der Waals surface area contributed by atoms with Gasteiger partial charge in [0, 0.05) is 19.5 Å². The molecule has 1 saturated heterocycles. The second-order valence-corrected chi connectivity index (χ2v) is 6.90. The SMILES string of the molecule is O=C(OCc1ccccc1)[C@H](Cc1ccccc1)OC(=O)N1CCCC(O)C1. The number of carbonyl (C=O) groups is 2. The van der Waals surface area contributed by atoms with Crippen molar-refractivity contribution in [2.45, 2.75) is 38.1 Å². The van der Waals surface area contributed by atoms with Crippen LogP contribution in [0.3, 0.4) is 0 Å². The fraction of sp³-hybridized carbons (Fsp3) is 0.364. The van der Waals surface area contributed by atoms with Crippen LogP contribution in [0.25, 0.3) is 0 Å². The van der Waals surface area contributed by atoms with Gasteiger partial charge in [0.05, 0.1) is 6.10 Å². The Balaban J connectivity index is 1.65. The largest absolute Gasteiger partial charge is 0.458 e. The number of nitrogens with zero attached hydrogens (tertiary/aromatic N) is 1. The first-order valence-electron chi connectivity index (χ1n) is 9.50. The van der Waals surface area contributed by atoms with E-state index in [0.29, 0.717) is 19.4 Å². The van der Waals surface area contributed by atoms with E-state index in [9.17, 15) is 14.7 Å². The number of amides is 1. The van der Waals surface area contributed by atoms with Gasteiger partial charge in [-0.25, -0.2) is 9.59 Å². The average molecular weight is 383 g/mol. The number of ether oxygens (including phenoxy) is 2. The van der Waals surface area contributed by atoms with E-state index in [4.69, 9.17) is 9.47 Å². The number of rotatable bonds is 6. The highest BCUT2D eigenvalue weighted by Crippen LogP contribution is 2.15. The van der Waals surface area contributed by atoms with E-state index in [2.05, 4.69) is 0 Å². The van der Waals surface area contributed by atoms with Crippen LogP contribution in [0.1, 0.15) is 24.0 Å². The molecule has 2 atom stereocenters. The van der Waals surface area contributed by atoms with E-state index < -0.39 is 24.3 Å². The number of hydrogen-bond acceptors (Lipinski definition) is 5. The molecule has 6 heteroatoms. The number of esters is 1. The van der Waals surface area contributed by atoms with Crippen LogP contribution in [0.5, 0.6) is 0 Å². The quantitative estimate of drug-likeness (QED) is 0.776. The topological polar surface area (TPSA) is 76.1 Å². The summed E-state index contributed by atoms with van der Waals surface area (Å²) in [6.45, 7) is 0.841. The number of aliphatic hydroxyl groups excluding tert-OH is 1. The van der Waals surface area contributed by atoms with E-state index in [0.717, 1.165) is 11.1 Å². The predicted octanol–water partition coefficient (Wildman–Crippen LogP) is 2.93. The Morgan fingerprint density at radius 3 is 2.32 bits per heavy atom. The van der Waals surface area contributed by atoms with Gasteiger partial charge >= 0.3 is 12.1 Å². The third-order valence-corrected chi connectivity index (χ3v) is 4.65. The first-order chi connectivity index (χ1) is 13.6. The van der Waals surface area contributed by atoms with Crippen LogP contribution in [0.15, 0.2) is 60.7 Å². The zero-order chi connectivity index (χ0) is 19.8. The van der Waals surface area contributed by atoms with Crippen LogP contribution in [0.2, 0.25) is 0 Å². The number of carbonyl (C=O) groups excluding carboxylic acids is 2. The standard InChI is InChI=1S/C22H25NO5/c24-19-12-7-13-23(15-19)22(26)28-20(14-17-8-3-1-4-9-17)21(25)27-16-18-10-5-2-6-11-18/h1-6,8-11,19-20,24H,7,12-16H2/t19?,20-/m0/s1. The summed E-state index contributed by atoms with van der Waals surface area (Å²) < 4.78 is 10.9. The number of piperidine rings is 1. The van der Waals surface area contributed by atoms with Gasteiger partial charge in [0.25, 0.3) is 0 Å². The molecule has 28 heavy (non-hydrogen) atoms. The Morgan fingerprint density at radius 1 is 1.04 bits per heavy atom. The zero-order valence-corrected chi connectivity index (χ0v) is 15.7. The Morgan fingerprint density at radius 2 is 1.68 bits per heavy atom. The van der Waals surface area contributed by atoms with Crippen LogP contribution in [0.4, 0.5) is 4.79 Å². The predicted molar refractivity (Wildman–Crippen MR) is 103 cm³/mol. The summed E-state index contributed by atoms with van der Waals surface area (Å²) in [6, 6.07) is 18.7. The molecule has 2 aromatic carbocycles. The van der Waals surface area contributed by atoms with Crippen molar-refractivity contribution in [2.24, 2.45) is 0 Å². The van der Waals surface area contributed by atoms with Gasteiger partial charge in [0.1, 0.15) is 6.61 Å². The molecule has 6 nitrogen and oxygen atoms in total. The minimum atomic E-state index is -1.04. The van der Waals surface area contributed by atoms with Gasteiger partial charge in [0.2, 0.25) is 6.10 Å². The molecule has 2 aromatic rings. The summed E-state index contributed by atoms with van der Waals surface area (Å²) >= 11 is 0. The maximum absolute atomic E-state index is 12.6. The Kier molecular flexibility index (Phi) is 7.03. The molecule has 1 heterocycles. The highest BCUT2D eigenvalue weighted by molar-refractivity contribution is 5.79. The summed E-state index contributed by atoms with van der Waals surface area (Å²) in [5.74, 6) is -0.585. The molecule has 0 radical (unpaired) electrons. The van der Waals surface area contributed by atoms with Crippen molar-refractivity contribution >= 4 is 12.1 Å². The average Bonchev–Trinajstić information content (AvgIpc) is 2.73. The van der Waals surface area contributed by atoms with E-state index in [1.54, 1.807) is 0 Å². The number of β-amino-alcohol motifs (C(OH)–C–C–N with tert-alkyl or cyclic N) is 1. The van der Waals surface area contributed by atoms with Gasteiger partial charge in [0.15, 0.2) is 0 Å². The number of benzene rings is 2. The molecule has 1 N–H and O–H groups in total. The molecule has 1 aliphatic heterocycles. The van der Waals surface area contributed by atoms with Crippen molar-refractivity contribution in [2.75, 3.05) is 13.1 Å². The molecule has 1 unspecified atom stereocenters. The molecule has 0 saturated carbocycles. The minimum Gasteiger partial charge on any atom is -0.458 e. The van der Waals surface area contributed by atoms with Gasteiger partial charge in [-0.2, -0.15) is 0 Å². The lowest BCUT2D eigenvalue weighted by molar-refractivity contribution is -0.155. The van der Waals surface area contributed by atoms with Gasteiger partial charge in [-0.15, -0.1) is 0 Å². The summed E-state index contributed by atoms with van der Waals surface area (Å²) in [5, 5.41) is 9.78. The number of aliphatic hydroxyl groups is 1. The maximum Gasteiger partial charge on any atom is 0.410 e. The van der Waals surface area contributed by atoms with Crippen molar-refractivity contribution in [1.82, 2.24) is 4.90 Å². The number of likely N-dealkylation sites (tertiary alicyclic amines) is 1.